The normalized spacial score (nSPS) is 17.1. The largest absolute Gasteiger partial charge is 0.485 e. The number of benzene rings is 2. The van der Waals surface area contributed by atoms with Crippen molar-refractivity contribution < 1.29 is 18.7 Å². The van der Waals surface area contributed by atoms with Crippen LogP contribution in [0.25, 0.3) is 0 Å². The van der Waals surface area contributed by atoms with Crippen LogP contribution in [0.4, 0.5) is 0 Å². The first kappa shape index (κ1) is 17.6. The Morgan fingerprint density at radius 3 is 2.34 bits per heavy atom. The molecule has 0 saturated heterocycles. The molecule has 146 valence electrons. The number of rotatable bonds is 2. The van der Waals surface area contributed by atoms with Gasteiger partial charge in [-0.3, -0.25) is 4.79 Å². The molecule has 3 heterocycles. The third-order valence-electron chi connectivity index (χ3n) is 5.34. The first-order valence-electron chi connectivity index (χ1n) is 9.49. The number of amides is 1. The van der Waals surface area contributed by atoms with Crippen LogP contribution < -0.4 is 15.1 Å². The first-order valence-corrected chi connectivity index (χ1v) is 9.49. The fourth-order valence-electron chi connectivity index (χ4n) is 3.84. The number of aryl methyl sites for hydroxylation is 1. The fraction of sp³-hybridized carbons (Fsp3) is 0.217. The molecule has 0 N–H and O–H groups in total. The van der Waals surface area contributed by atoms with Crippen LogP contribution in [0, 0.1) is 6.92 Å². The maximum atomic E-state index is 13.0. The van der Waals surface area contributed by atoms with Gasteiger partial charge in [0, 0.05) is 13.1 Å². The SMILES string of the molecule is Cc1cc(C2COc3ccccc3O2)oc(=O)c1C(=O)N1Cc2ccccc2C1. The van der Waals surface area contributed by atoms with Gasteiger partial charge in [-0.15, -0.1) is 0 Å². The fourth-order valence-corrected chi connectivity index (χ4v) is 3.84. The zero-order chi connectivity index (χ0) is 20.0. The molecular formula is C23H19NO5. The van der Waals surface area contributed by atoms with Gasteiger partial charge >= 0.3 is 5.63 Å². The summed E-state index contributed by atoms with van der Waals surface area (Å²) in [6, 6.07) is 16.9. The molecule has 6 nitrogen and oxygen atoms in total. The predicted octanol–water partition coefficient (Wildman–Crippen LogP) is 3.62. The summed E-state index contributed by atoms with van der Waals surface area (Å²) >= 11 is 0. The van der Waals surface area contributed by atoms with E-state index in [2.05, 4.69) is 0 Å². The molecule has 1 atom stereocenters. The molecule has 1 aromatic heterocycles. The van der Waals surface area contributed by atoms with Crippen LogP contribution in [0.1, 0.15) is 38.9 Å². The summed E-state index contributed by atoms with van der Waals surface area (Å²) in [6.07, 6.45) is -0.545. The van der Waals surface area contributed by atoms with E-state index in [0.717, 1.165) is 11.1 Å². The van der Waals surface area contributed by atoms with Gasteiger partial charge in [0.05, 0.1) is 0 Å². The minimum atomic E-state index is -0.650. The average Bonchev–Trinajstić information content (AvgIpc) is 3.17. The van der Waals surface area contributed by atoms with E-state index in [1.807, 2.05) is 42.5 Å². The molecule has 0 bridgehead atoms. The number of fused-ring (bicyclic) bond motifs is 2. The number of para-hydroxylation sites is 2. The molecule has 1 unspecified atom stereocenters. The Bertz CT molecular complexity index is 1140. The number of carbonyl (C=O) groups excluding carboxylic acids is 1. The molecule has 0 spiro atoms. The van der Waals surface area contributed by atoms with E-state index < -0.39 is 11.7 Å². The monoisotopic (exact) mass is 389 g/mol. The van der Waals surface area contributed by atoms with Gasteiger partial charge in [0.25, 0.3) is 5.91 Å². The van der Waals surface area contributed by atoms with Gasteiger partial charge in [0.1, 0.15) is 12.2 Å². The maximum absolute atomic E-state index is 13.0. The van der Waals surface area contributed by atoms with Crippen molar-refractivity contribution in [2.45, 2.75) is 26.1 Å². The second kappa shape index (κ2) is 6.81. The molecule has 6 heteroatoms. The molecule has 2 aliphatic rings. The number of ether oxygens (including phenoxy) is 2. The van der Waals surface area contributed by atoms with Crippen molar-refractivity contribution in [1.82, 2.24) is 4.90 Å². The van der Waals surface area contributed by atoms with E-state index in [-0.39, 0.29) is 18.1 Å². The molecule has 0 radical (unpaired) electrons. The highest BCUT2D eigenvalue weighted by atomic mass is 16.6. The molecule has 1 amide bonds. The molecule has 5 rings (SSSR count). The minimum Gasteiger partial charge on any atom is -0.485 e. The number of carbonyl (C=O) groups is 1. The molecule has 2 aromatic carbocycles. The minimum absolute atomic E-state index is 0.0682. The Morgan fingerprint density at radius 2 is 1.66 bits per heavy atom. The smallest absolute Gasteiger partial charge is 0.349 e. The highest BCUT2D eigenvalue weighted by Crippen LogP contribution is 2.36. The van der Waals surface area contributed by atoms with Crippen LogP contribution in [-0.4, -0.2) is 17.4 Å². The third kappa shape index (κ3) is 3.06. The molecule has 0 fully saturated rings. The van der Waals surface area contributed by atoms with E-state index in [1.54, 1.807) is 24.0 Å². The summed E-state index contributed by atoms with van der Waals surface area (Å²) in [5.41, 5.74) is 2.19. The summed E-state index contributed by atoms with van der Waals surface area (Å²) in [4.78, 5) is 27.4. The molecule has 0 aliphatic carbocycles. The Hall–Kier alpha value is -3.54. The Labute approximate surface area is 167 Å². The topological polar surface area (TPSA) is 69.0 Å². The lowest BCUT2D eigenvalue weighted by atomic mass is 10.1. The van der Waals surface area contributed by atoms with Crippen molar-refractivity contribution in [3.63, 3.8) is 0 Å². The first-order chi connectivity index (χ1) is 14.1. The second-order valence-electron chi connectivity index (χ2n) is 7.29. The standard InChI is InChI=1S/C23H19NO5/c1-14-10-19(20-13-27-17-8-4-5-9-18(17)28-20)29-23(26)21(14)22(25)24-11-15-6-2-3-7-16(15)12-24/h2-10,20H,11-13H2,1H3. The van der Waals surface area contributed by atoms with Gasteiger partial charge in [-0.05, 0) is 41.8 Å². The lowest BCUT2D eigenvalue weighted by Crippen LogP contribution is -2.31. The van der Waals surface area contributed by atoms with E-state index in [0.29, 0.717) is 35.9 Å². The van der Waals surface area contributed by atoms with Crippen LogP contribution in [0.3, 0.4) is 0 Å². The molecule has 2 aliphatic heterocycles. The molecule has 29 heavy (non-hydrogen) atoms. The highest BCUT2D eigenvalue weighted by molar-refractivity contribution is 5.95. The summed E-state index contributed by atoms with van der Waals surface area (Å²) in [6.45, 7) is 2.96. The van der Waals surface area contributed by atoms with Gasteiger partial charge in [-0.2, -0.15) is 0 Å². The maximum Gasteiger partial charge on any atom is 0.349 e. The van der Waals surface area contributed by atoms with Gasteiger partial charge < -0.3 is 18.8 Å². The van der Waals surface area contributed by atoms with Crippen LogP contribution in [0.2, 0.25) is 0 Å². The molecule has 0 saturated carbocycles. The lowest BCUT2D eigenvalue weighted by molar-refractivity contribution is 0.0698. The van der Waals surface area contributed by atoms with Crippen LogP contribution in [-0.2, 0) is 13.1 Å². The highest BCUT2D eigenvalue weighted by Gasteiger charge is 2.30. The van der Waals surface area contributed by atoms with Crippen LogP contribution >= 0.6 is 0 Å². The van der Waals surface area contributed by atoms with Gasteiger partial charge in [-0.25, -0.2) is 4.79 Å². The summed E-state index contributed by atoms with van der Waals surface area (Å²) in [5.74, 6) is 1.29. The zero-order valence-electron chi connectivity index (χ0n) is 15.9. The van der Waals surface area contributed by atoms with Crippen molar-refractivity contribution in [1.29, 1.82) is 0 Å². The summed E-state index contributed by atoms with van der Waals surface area (Å²) < 4.78 is 17.1. The average molecular weight is 389 g/mol. The van der Waals surface area contributed by atoms with Crippen molar-refractivity contribution in [3.05, 3.63) is 93.0 Å². The summed E-state index contributed by atoms with van der Waals surface area (Å²) in [5, 5.41) is 0. The van der Waals surface area contributed by atoms with E-state index >= 15 is 0 Å². The van der Waals surface area contributed by atoms with Crippen LogP contribution in [0.15, 0.2) is 63.8 Å². The number of hydrogen-bond acceptors (Lipinski definition) is 5. The molecule has 3 aromatic rings. The van der Waals surface area contributed by atoms with Crippen LogP contribution in [0.5, 0.6) is 11.5 Å². The lowest BCUT2D eigenvalue weighted by Gasteiger charge is -2.26. The van der Waals surface area contributed by atoms with Gasteiger partial charge in [-0.1, -0.05) is 36.4 Å². The van der Waals surface area contributed by atoms with Crippen molar-refractivity contribution in [2.24, 2.45) is 0 Å². The van der Waals surface area contributed by atoms with Crippen molar-refractivity contribution in [2.75, 3.05) is 6.61 Å². The van der Waals surface area contributed by atoms with Crippen molar-refractivity contribution in [3.8, 4) is 11.5 Å². The van der Waals surface area contributed by atoms with Gasteiger partial charge in [0.2, 0.25) is 0 Å². The Balaban J connectivity index is 1.41. The quantitative estimate of drug-likeness (QED) is 0.670. The number of nitrogens with zero attached hydrogens (tertiary/aromatic N) is 1. The summed E-state index contributed by atoms with van der Waals surface area (Å²) in [7, 11) is 0. The second-order valence-corrected chi connectivity index (χ2v) is 7.29. The van der Waals surface area contributed by atoms with E-state index in [9.17, 15) is 9.59 Å². The molecular weight excluding hydrogens is 370 g/mol. The third-order valence-corrected chi connectivity index (χ3v) is 5.34. The number of hydrogen-bond donors (Lipinski definition) is 0. The predicted molar refractivity (Wildman–Crippen MR) is 105 cm³/mol. The zero-order valence-corrected chi connectivity index (χ0v) is 15.9. The Morgan fingerprint density at radius 1 is 1.00 bits per heavy atom. The van der Waals surface area contributed by atoms with Gasteiger partial charge in [0.15, 0.2) is 23.4 Å². The van der Waals surface area contributed by atoms with Crippen molar-refractivity contribution >= 4 is 5.91 Å². The van der Waals surface area contributed by atoms with E-state index in [4.69, 9.17) is 13.9 Å². The van der Waals surface area contributed by atoms with E-state index in [1.165, 1.54) is 0 Å². The Kier molecular flexibility index (Phi) is 4.12.